The summed E-state index contributed by atoms with van der Waals surface area (Å²) in [5.41, 5.74) is 0. The van der Waals surface area contributed by atoms with E-state index in [4.69, 9.17) is 5.21 Å². The Kier molecular flexibility index (Phi) is 3.08. The minimum Gasteiger partial charge on any atom is -0.411 e. The summed E-state index contributed by atoms with van der Waals surface area (Å²) in [4.78, 5) is 10.3. The normalized spacial score (nSPS) is 32.4. The number of hydrogen-bond donors (Lipinski definition) is 1. The second kappa shape index (κ2) is 4.11. The molecule has 3 heteroatoms. The maximum absolute atomic E-state index is 10.3. The Labute approximate surface area is 66.1 Å². The van der Waals surface area contributed by atoms with Gasteiger partial charge in [0.2, 0.25) is 0 Å². The van der Waals surface area contributed by atoms with E-state index < -0.39 is 0 Å². The molecular formula is C8H13NO2. The van der Waals surface area contributed by atoms with Crippen molar-refractivity contribution in [3.05, 3.63) is 0 Å². The quantitative estimate of drug-likeness (QED) is 0.284. The van der Waals surface area contributed by atoms with Crippen LogP contribution in [0.15, 0.2) is 5.16 Å². The van der Waals surface area contributed by atoms with Crippen molar-refractivity contribution in [1.82, 2.24) is 0 Å². The molecule has 0 radical (unpaired) electrons. The Hall–Kier alpha value is -0.860. The molecule has 1 N–H and O–H groups in total. The van der Waals surface area contributed by atoms with Gasteiger partial charge in [0, 0.05) is 12.1 Å². The number of oxime groups is 1. The van der Waals surface area contributed by atoms with Crippen molar-refractivity contribution in [3.8, 4) is 0 Å². The van der Waals surface area contributed by atoms with E-state index in [0.29, 0.717) is 5.92 Å². The SMILES string of the molecule is O=CC1CCC(C=NO)CC1. The molecule has 0 amide bonds. The Balaban J connectivity index is 2.29. The number of hydrogen-bond acceptors (Lipinski definition) is 3. The zero-order valence-corrected chi connectivity index (χ0v) is 6.44. The molecule has 0 saturated heterocycles. The Morgan fingerprint density at radius 3 is 2.18 bits per heavy atom. The third-order valence-electron chi connectivity index (χ3n) is 2.29. The van der Waals surface area contributed by atoms with Crippen molar-refractivity contribution < 1.29 is 10.0 Å². The van der Waals surface area contributed by atoms with Gasteiger partial charge < -0.3 is 10.0 Å². The van der Waals surface area contributed by atoms with Gasteiger partial charge in [0.1, 0.15) is 6.29 Å². The third-order valence-corrected chi connectivity index (χ3v) is 2.29. The van der Waals surface area contributed by atoms with Crippen LogP contribution in [0.25, 0.3) is 0 Å². The van der Waals surface area contributed by atoms with Gasteiger partial charge in [-0.15, -0.1) is 5.16 Å². The van der Waals surface area contributed by atoms with Gasteiger partial charge >= 0.3 is 0 Å². The van der Waals surface area contributed by atoms with Gasteiger partial charge in [0.15, 0.2) is 0 Å². The smallest absolute Gasteiger partial charge is 0.123 e. The molecule has 0 bridgehead atoms. The van der Waals surface area contributed by atoms with E-state index in [2.05, 4.69) is 5.16 Å². The minimum atomic E-state index is 0.248. The van der Waals surface area contributed by atoms with Crippen LogP contribution < -0.4 is 0 Å². The van der Waals surface area contributed by atoms with Crippen molar-refractivity contribution in [2.75, 3.05) is 0 Å². The molecule has 3 nitrogen and oxygen atoms in total. The van der Waals surface area contributed by atoms with Crippen molar-refractivity contribution in [2.24, 2.45) is 17.0 Å². The molecule has 0 aromatic rings. The predicted octanol–water partition coefficient (Wildman–Crippen LogP) is 1.45. The van der Waals surface area contributed by atoms with Crippen LogP contribution in [0.1, 0.15) is 25.7 Å². The largest absolute Gasteiger partial charge is 0.411 e. The molecule has 1 fully saturated rings. The molecule has 0 unspecified atom stereocenters. The lowest BCUT2D eigenvalue weighted by Crippen LogP contribution is -2.16. The number of carbonyl (C=O) groups is 1. The van der Waals surface area contributed by atoms with E-state index in [1.54, 1.807) is 6.21 Å². The van der Waals surface area contributed by atoms with E-state index in [9.17, 15) is 4.79 Å². The third kappa shape index (κ3) is 2.33. The molecule has 0 atom stereocenters. The highest BCUT2D eigenvalue weighted by Gasteiger charge is 2.18. The first kappa shape index (κ1) is 8.24. The Bertz CT molecular complexity index is 148. The predicted molar refractivity (Wildman–Crippen MR) is 41.8 cm³/mol. The average molecular weight is 155 g/mol. The van der Waals surface area contributed by atoms with Gasteiger partial charge in [-0.2, -0.15) is 0 Å². The molecule has 11 heavy (non-hydrogen) atoms. The maximum atomic E-state index is 10.3. The highest BCUT2D eigenvalue weighted by atomic mass is 16.4. The second-order valence-corrected chi connectivity index (χ2v) is 3.08. The summed E-state index contributed by atoms with van der Waals surface area (Å²) in [6.07, 6.45) is 6.45. The van der Waals surface area contributed by atoms with E-state index in [1.165, 1.54) is 0 Å². The molecule has 1 rings (SSSR count). The highest BCUT2D eigenvalue weighted by Crippen LogP contribution is 2.25. The number of carbonyl (C=O) groups excluding carboxylic acids is 1. The van der Waals surface area contributed by atoms with Crippen LogP contribution >= 0.6 is 0 Å². The number of rotatable bonds is 2. The summed E-state index contributed by atoms with van der Waals surface area (Å²) in [6.45, 7) is 0. The van der Waals surface area contributed by atoms with Gasteiger partial charge in [0.25, 0.3) is 0 Å². The van der Waals surface area contributed by atoms with E-state index >= 15 is 0 Å². The van der Waals surface area contributed by atoms with Gasteiger partial charge in [-0.25, -0.2) is 0 Å². The summed E-state index contributed by atoms with van der Waals surface area (Å²) < 4.78 is 0. The van der Waals surface area contributed by atoms with Crippen LogP contribution in [0.4, 0.5) is 0 Å². The summed E-state index contributed by atoms with van der Waals surface area (Å²) in [6, 6.07) is 0. The van der Waals surface area contributed by atoms with Crippen LogP contribution in [0.2, 0.25) is 0 Å². The summed E-state index contributed by atoms with van der Waals surface area (Å²) in [7, 11) is 0. The zero-order valence-electron chi connectivity index (χ0n) is 6.44. The van der Waals surface area contributed by atoms with Crippen molar-refractivity contribution in [3.63, 3.8) is 0 Å². The van der Waals surface area contributed by atoms with Gasteiger partial charge in [-0.1, -0.05) is 0 Å². The first-order valence-electron chi connectivity index (χ1n) is 3.99. The van der Waals surface area contributed by atoms with Gasteiger partial charge in [-0.05, 0) is 31.6 Å². The number of nitrogens with zero attached hydrogens (tertiary/aromatic N) is 1. The fourth-order valence-corrected chi connectivity index (χ4v) is 1.52. The van der Waals surface area contributed by atoms with Gasteiger partial charge in [0.05, 0.1) is 0 Å². The zero-order chi connectivity index (χ0) is 8.10. The lowest BCUT2D eigenvalue weighted by Gasteiger charge is -2.21. The molecule has 0 spiro atoms. The van der Waals surface area contributed by atoms with Crippen LogP contribution in [0.3, 0.4) is 0 Å². The molecule has 0 aliphatic heterocycles. The molecule has 1 saturated carbocycles. The van der Waals surface area contributed by atoms with Crippen LogP contribution in [-0.2, 0) is 4.79 Å². The lowest BCUT2D eigenvalue weighted by atomic mass is 9.83. The van der Waals surface area contributed by atoms with Crippen molar-refractivity contribution in [2.45, 2.75) is 25.7 Å². The first-order chi connectivity index (χ1) is 5.36. The maximum Gasteiger partial charge on any atom is 0.123 e. The minimum absolute atomic E-state index is 0.248. The highest BCUT2D eigenvalue weighted by molar-refractivity contribution is 5.61. The van der Waals surface area contributed by atoms with Crippen molar-refractivity contribution in [1.29, 1.82) is 0 Å². The van der Waals surface area contributed by atoms with Crippen molar-refractivity contribution >= 4 is 12.5 Å². The van der Waals surface area contributed by atoms with Crippen LogP contribution in [0, 0.1) is 11.8 Å². The summed E-state index contributed by atoms with van der Waals surface area (Å²) in [5, 5.41) is 11.2. The van der Waals surface area contributed by atoms with Crippen LogP contribution in [-0.4, -0.2) is 17.7 Å². The van der Waals surface area contributed by atoms with E-state index in [0.717, 1.165) is 32.0 Å². The van der Waals surface area contributed by atoms with Crippen LogP contribution in [0.5, 0.6) is 0 Å². The molecule has 1 aliphatic carbocycles. The average Bonchev–Trinajstić information content (AvgIpc) is 2.07. The molecule has 0 heterocycles. The summed E-state index contributed by atoms with van der Waals surface area (Å²) in [5.74, 6) is 0.634. The fourth-order valence-electron chi connectivity index (χ4n) is 1.52. The van der Waals surface area contributed by atoms with Gasteiger partial charge in [-0.3, -0.25) is 0 Å². The monoisotopic (exact) mass is 155 g/mol. The lowest BCUT2D eigenvalue weighted by molar-refractivity contribution is -0.111. The standard InChI is InChI=1S/C8H13NO2/c10-6-8-3-1-7(2-4-8)5-9-11/h5-8,11H,1-4H2. The summed E-state index contributed by atoms with van der Waals surface area (Å²) >= 11 is 0. The Morgan fingerprint density at radius 2 is 1.73 bits per heavy atom. The fraction of sp³-hybridized carbons (Fsp3) is 0.750. The first-order valence-corrected chi connectivity index (χ1v) is 3.99. The molecular weight excluding hydrogens is 142 g/mol. The van der Waals surface area contributed by atoms with E-state index in [-0.39, 0.29) is 5.92 Å². The topological polar surface area (TPSA) is 49.7 Å². The Morgan fingerprint density at radius 1 is 1.18 bits per heavy atom. The molecule has 62 valence electrons. The number of aldehydes is 1. The molecule has 0 aromatic heterocycles. The van der Waals surface area contributed by atoms with E-state index in [1.807, 2.05) is 0 Å². The molecule has 1 aliphatic rings. The second-order valence-electron chi connectivity index (χ2n) is 3.08. The molecule has 0 aromatic carbocycles.